The highest BCUT2D eigenvalue weighted by Gasteiger charge is 2.15. The zero-order chi connectivity index (χ0) is 14.8. The van der Waals surface area contributed by atoms with Gasteiger partial charge in [0.1, 0.15) is 16.5 Å². The summed E-state index contributed by atoms with van der Waals surface area (Å²) < 4.78 is 39.3. The van der Waals surface area contributed by atoms with Crippen LogP contribution in [0, 0.1) is 11.2 Å². The lowest BCUT2D eigenvalue weighted by atomic mass is 10.2. The molecule has 104 valence electrons. The molecule has 0 radical (unpaired) electrons. The van der Waals surface area contributed by atoms with Crippen molar-refractivity contribution >= 4 is 21.5 Å². The molecule has 1 aromatic heterocycles. The number of anilines is 1. The molecule has 1 aromatic carbocycles. The summed E-state index contributed by atoms with van der Waals surface area (Å²) in [5.74, 6) is -0.927. The van der Waals surface area contributed by atoms with Gasteiger partial charge in [0.15, 0.2) is 0 Å². The van der Waals surface area contributed by atoms with Gasteiger partial charge in [0.2, 0.25) is 0 Å². The second-order valence-corrected chi connectivity index (χ2v) is 5.62. The van der Waals surface area contributed by atoms with E-state index < -0.39 is 15.8 Å². The molecule has 0 fully saturated rings. The SMILES string of the molecule is N=C(N)c1cccc(NS(=O)(=O)c2cncc(F)c2)c1. The highest BCUT2D eigenvalue weighted by molar-refractivity contribution is 7.92. The van der Waals surface area contributed by atoms with Crippen molar-refractivity contribution in [2.24, 2.45) is 5.73 Å². The van der Waals surface area contributed by atoms with E-state index in [9.17, 15) is 12.8 Å². The average molecular weight is 294 g/mol. The molecule has 2 aromatic rings. The number of hydrogen-bond acceptors (Lipinski definition) is 4. The molecule has 0 saturated carbocycles. The first-order chi connectivity index (χ1) is 9.38. The molecule has 0 aliphatic rings. The van der Waals surface area contributed by atoms with Gasteiger partial charge in [-0.15, -0.1) is 0 Å². The van der Waals surface area contributed by atoms with E-state index in [0.29, 0.717) is 5.56 Å². The molecule has 0 aliphatic heterocycles. The van der Waals surface area contributed by atoms with Crippen LogP contribution in [0.3, 0.4) is 0 Å². The summed E-state index contributed by atoms with van der Waals surface area (Å²) in [6.45, 7) is 0. The molecular weight excluding hydrogens is 283 g/mol. The van der Waals surface area contributed by atoms with E-state index in [2.05, 4.69) is 9.71 Å². The van der Waals surface area contributed by atoms with Crippen LogP contribution in [0.2, 0.25) is 0 Å². The van der Waals surface area contributed by atoms with Gasteiger partial charge in [-0.1, -0.05) is 12.1 Å². The van der Waals surface area contributed by atoms with Gasteiger partial charge in [-0.25, -0.2) is 12.8 Å². The molecule has 0 aliphatic carbocycles. The molecule has 0 unspecified atom stereocenters. The van der Waals surface area contributed by atoms with E-state index in [1.54, 1.807) is 12.1 Å². The van der Waals surface area contributed by atoms with Crippen molar-refractivity contribution in [3.8, 4) is 0 Å². The van der Waals surface area contributed by atoms with Crippen LogP contribution in [0.1, 0.15) is 5.56 Å². The Morgan fingerprint density at radius 2 is 2.05 bits per heavy atom. The Labute approximate surface area is 115 Å². The van der Waals surface area contributed by atoms with E-state index in [-0.39, 0.29) is 16.4 Å². The lowest BCUT2D eigenvalue weighted by Crippen LogP contribution is -2.15. The molecule has 2 rings (SSSR count). The Balaban J connectivity index is 2.33. The summed E-state index contributed by atoms with van der Waals surface area (Å²) in [7, 11) is -3.94. The van der Waals surface area contributed by atoms with Gasteiger partial charge < -0.3 is 5.73 Å². The quantitative estimate of drug-likeness (QED) is 0.583. The van der Waals surface area contributed by atoms with Crippen molar-refractivity contribution in [1.29, 1.82) is 5.41 Å². The van der Waals surface area contributed by atoms with Crippen molar-refractivity contribution in [2.75, 3.05) is 4.72 Å². The van der Waals surface area contributed by atoms with Crippen LogP contribution in [0.15, 0.2) is 47.6 Å². The summed E-state index contributed by atoms with van der Waals surface area (Å²) in [6.07, 6.45) is 1.95. The van der Waals surface area contributed by atoms with Crippen LogP contribution in [0.4, 0.5) is 10.1 Å². The van der Waals surface area contributed by atoms with Crippen molar-refractivity contribution in [2.45, 2.75) is 4.90 Å². The van der Waals surface area contributed by atoms with Crippen molar-refractivity contribution in [3.63, 3.8) is 0 Å². The summed E-state index contributed by atoms with van der Waals surface area (Å²) in [5, 5.41) is 7.30. The normalized spacial score (nSPS) is 11.1. The summed E-state index contributed by atoms with van der Waals surface area (Å²) in [6, 6.07) is 6.90. The molecular formula is C12H11FN4O2S. The zero-order valence-corrected chi connectivity index (χ0v) is 11.0. The number of sulfonamides is 1. The minimum Gasteiger partial charge on any atom is -0.384 e. The number of nitrogens with zero attached hydrogens (tertiary/aromatic N) is 1. The van der Waals surface area contributed by atoms with Gasteiger partial charge in [0.05, 0.1) is 6.20 Å². The number of rotatable bonds is 4. The first-order valence-corrected chi connectivity index (χ1v) is 6.94. The molecule has 0 atom stereocenters. The number of nitrogen functional groups attached to an aromatic ring is 1. The van der Waals surface area contributed by atoms with Crippen molar-refractivity contribution in [1.82, 2.24) is 4.98 Å². The highest BCUT2D eigenvalue weighted by Crippen LogP contribution is 2.17. The van der Waals surface area contributed by atoms with Crippen LogP contribution in [0.5, 0.6) is 0 Å². The van der Waals surface area contributed by atoms with Gasteiger partial charge in [-0.2, -0.15) is 0 Å². The Morgan fingerprint density at radius 3 is 2.70 bits per heavy atom. The van der Waals surface area contributed by atoms with Gasteiger partial charge >= 0.3 is 0 Å². The van der Waals surface area contributed by atoms with Crippen molar-refractivity contribution in [3.05, 3.63) is 54.1 Å². The summed E-state index contributed by atoms with van der Waals surface area (Å²) in [4.78, 5) is 3.20. The number of nitrogens with one attached hydrogen (secondary N) is 2. The number of hydrogen-bond donors (Lipinski definition) is 3. The number of nitrogens with two attached hydrogens (primary N) is 1. The third kappa shape index (κ3) is 3.09. The molecule has 1 heterocycles. The maximum atomic E-state index is 13.0. The smallest absolute Gasteiger partial charge is 0.263 e. The van der Waals surface area contributed by atoms with Gasteiger partial charge in [0.25, 0.3) is 10.0 Å². The molecule has 0 saturated heterocycles. The Hall–Kier alpha value is -2.48. The van der Waals surface area contributed by atoms with E-state index in [1.807, 2.05) is 0 Å². The topological polar surface area (TPSA) is 109 Å². The standard InChI is InChI=1S/C12H11FN4O2S/c13-9-5-11(7-16-6-9)20(18,19)17-10-3-1-2-8(4-10)12(14)15/h1-7,17H,(H3,14,15). The monoisotopic (exact) mass is 294 g/mol. The first-order valence-electron chi connectivity index (χ1n) is 5.46. The fraction of sp³-hybridized carbons (Fsp3) is 0. The Morgan fingerprint density at radius 1 is 1.30 bits per heavy atom. The second kappa shape index (κ2) is 5.25. The summed E-state index contributed by atoms with van der Waals surface area (Å²) >= 11 is 0. The first kappa shape index (κ1) is 13.9. The molecule has 6 nitrogen and oxygen atoms in total. The van der Waals surface area contributed by atoms with Crippen molar-refractivity contribution < 1.29 is 12.8 Å². The number of aromatic nitrogens is 1. The highest BCUT2D eigenvalue weighted by atomic mass is 32.2. The van der Waals surface area contributed by atoms with Crippen LogP contribution < -0.4 is 10.5 Å². The van der Waals surface area contributed by atoms with Gasteiger partial charge in [-0.3, -0.25) is 15.1 Å². The third-order valence-corrected chi connectivity index (χ3v) is 3.76. The molecule has 20 heavy (non-hydrogen) atoms. The van der Waals surface area contributed by atoms with Crippen LogP contribution >= 0.6 is 0 Å². The zero-order valence-electron chi connectivity index (χ0n) is 10.2. The van der Waals surface area contributed by atoms with Gasteiger partial charge in [0, 0.05) is 17.4 Å². The lowest BCUT2D eigenvalue weighted by molar-refractivity contribution is 0.592. The third-order valence-electron chi connectivity index (χ3n) is 2.42. The fourth-order valence-electron chi connectivity index (χ4n) is 1.50. The van der Waals surface area contributed by atoms with Crippen LogP contribution in [0.25, 0.3) is 0 Å². The molecule has 0 bridgehead atoms. The minimum atomic E-state index is -3.94. The minimum absolute atomic E-state index is 0.182. The predicted molar refractivity (Wildman–Crippen MR) is 72.5 cm³/mol. The van der Waals surface area contributed by atoms with Gasteiger partial charge in [-0.05, 0) is 18.2 Å². The summed E-state index contributed by atoms with van der Waals surface area (Å²) in [5.41, 5.74) is 5.93. The second-order valence-electron chi connectivity index (χ2n) is 3.94. The maximum Gasteiger partial charge on any atom is 0.263 e. The Bertz CT molecular complexity index is 762. The van der Waals surface area contributed by atoms with Crippen LogP contribution in [-0.4, -0.2) is 19.2 Å². The van der Waals surface area contributed by atoms with E-state index in [0.717, 1.165) is 18.5 Å². The van der Waals surface area contributed by atoms with E-state index in [1.165, 1.54) is 12.1 Å². The number of halogens is 1. The molecule has 4 N–H and O–H groups in total. The maximum absolute atomic E-state index is 13.0. The average Bonchev–Trinajstić information content (AvgIpc) is 2.38. The molecule has 0 spiro atoms. The largest absolute Gasteiger partial charge is 0.384 e. The number of amidine groups is 1. The fourth-order valence-corrected chi connectivity index (χ4v) is 2.53. The van der Waals surface area contributed by atoms with E-state index >= 15 is 0 Å². The van der Waals surface area contributed by atoms with Crippen LogP contribution in [-0.2, 0) is 10.0 Å². The predicted octanol–water partition coefficient (Wildman–Crippen LogP) is 1.31. The lowest BCUT2D eigenvalue weighted by Gasteiger charge is -2.09. The van der Waals surface area contributed by atoms with E-state index in [4.69, 9.17) is 11.1 Å². The number of benzene rings is 1. The molecule has 0 amide bonds. The number of pyridine rings is 1. The molecule has 8 heteroatoms. The Kier molecular flexibility index (Phi) is 3.66.